The molecule has 6 heteroatoms. The van der Waals surface area contributed by atoms with E-state index in [0.717, 1.165) is 11.3 Å². The standard InChI is InChI=1S/C11H10Cl2N4/c1-7-6-17(11(14)16-7)15-5-8-2-3-9(12)4-10(8)13/h2-6H,1H3,(H2,14,16). The minimum absolute atomic E-state index is 0.337. The molecule has 0 unspecified atom stereocenters. The van der Waals surface area contributed by atoms with Gasteiger partial charge < -0.3 is 5.73 Å². The van der Waals surface area contributed by atoms with Gasteiger partial charge in [0, 0.05) is 10.6 Å². The highest BCUT2D eigenvalue weighted by molar-refractivity contribution is 6.36. The van der Waals surface area contributed by atoms with Gasteiger partial charge in [-0.2, -0.15) is 5.10 Å². The second-order valence-corrected chi connectivity index (χ2v) is 4.34. The van der Waals surface area contributed by atoms with E-state index in [-0.39, 0.29) is 0 Å². The number of nitrogens with zero attached hydrogens (tertiary/aromatic N) is 3. The molecule has 0 amide bonds. The van der Waals surface area contributed by atoms with Gasteiger partial charge >= 0.3 is 0 Å². The van der Waals surface area contributed by atoms with E-state index in [1.807, 2.05) is 6.92 Å². The Bertz CT molecular complexity index is 575. The van der Waals surface area contributed by atoms with Gasteiger partial charge in [-0.15, -0.1) is 0 Å². The summed E-state index contributed by atoms with van der Waals surface area (Å²) >= 11 is 11.8. The quantitative estimate of drug-likeness (QED) is 0.852. The fourth-order valence-corrected chi connectivity index (χ4v) is 1.78. The number of imidazole rings is 1. The van der Waals surface area contributed by atoms with Crippen molar-refractivity contribution in [2.24, 2.45) is 5.10 Å². The lowest BCUT2D eigenvalue weighted by Gasteiger charge is -1.99. The number of aromatic nitrogens is 2. The Labute approximate surface area is 109 Å². The van der Waals surface area contributed by atoms with Gasteiger partial charge in [0.25, 0.3) is 0 Å². The van der Waals surface area contributed by atoms with Crippen LogP contribution in [0, 0.1) is 6.92 Å². The molecule has 0 spiro atoms. The van der Waals surface area contributed by atoms with E-state index in [9.17, 15) is 0 Å². The van der Waals surface area contributed by atoms with E-state index in [1.54, 1.807) is 30.6 Å². The molecule has 88 valence electrons. The molecule has 1 heterocycles. The molecule has 0 aliphatic heterocycles. The largest absolute Gasteiger partial charge is 0.368 e. The third kappa shape index (κ3) is 2.78. The lowest BCUT2D eigenvalue weighted by atomic mass is 10.2. The van der Waals surface area contributed by atoms with E-state index in [4.69, 9.17) is 28.9 Å². The van der Waals surface area contributed by atoms with Gasteiger partial charge in [0.05, 0.1) is 23.1 Å². The van der Waals surface area contributed by atoms with Crippen molar-refractivity contribution in [2.75, 3.05) is 5.73 Å². The van der Waals surface area contributed by atoms with Crippen molar-refractivity contribution in [3.05, 3.63) is 45.7 Å². The van der Waals surface area contributed by atoms with Crippen LogP contribution in [-0.2, 0) is 0 Å². The smallest absolute Gasteiger partial charge is 0.221 e. The summed E-state index contributed by atoms with van der Waals surface area (Å²) in [6.45, 7) is 1.84. The zero-order valence-electron chi connectivity index (χ0n) is 9.06. The van der Waals surface area contributed by atoms with Gasteiger partial charge in [-0.25, -0.2) is 9.66 Å². The summed E-state index contributed by atoms with van der Waals surface area (Å²) in [4.78, 5) is 4.03. The number of anilines is 1. The Balaban J connectivity index is 2.29. The van der Waals surface area contributed by atoms with Crippen molar-refractivity contribution in [3.8, 4) is 0 Å². The summed E-state index contributed by atoms with van der Waals surface area (Å²) in [5, 5.41) is 5.29. The third-order valence-corrected chi connectivity index (χ3v) is 2.68. The third-order valence-electron chi connectivity index (χ3n) is 2.12. The van der Waals surface area contributed by atoms with Crippen LogP contribution in [0.4, 0.5) is 5.95 Å². The van der Waals surface area contributed by atoms with Gasteiger partial charge in [-0.1, -0.05) is 29.3 Å². The highest BCUT2D eigenvalue weighted by Crippen LogP contribution is 2.19. The number of nitrogen functional groups attached to an aromatic ring is 1. The zero-order chi connectivity index (χ0) is 12.4. The first kappa shape index (κ1) is 12.0. The van der Waals surface area contributed by atoms with Crippen molar-refractivity contribution in [1.29, 1.82) is 0 Å². The molecule has 0 radical (unpaired) electrons. The van der Waals surface area contributed by atoms with Crippen LogP contribution < -0.4 is 5.73 Å². The van der Waals surface area contributed by atoms with Gasteiger partial charge in [0.1, 0.15) is 0 Å². The molecule has 0 fully saturated rings. The van der Waals surface area contributed by atoms with E-state index < -0.39 is 0 Å². The Morgan fingerprint density at radius 2 is 2.18 bits per heavy atom. The Morgan fingerprint density at radius 3 is 2.76 bits per heavy atom. The monoisotopic (exact) mass is 268 g/mol. The van der Waals surface area contributed by atoms with Crippen LogP contribution in [0.15, 0.2) is 29.5 Å². The van der Waals surface area contributed by atoms with Crippen molar-refractivity contribution in [1.82, 2.24) is 9.66 Å². The molecule has 17 heavy (non-hydrogen) atoms. The number of hydrogen-bond acceptors (Lipinski definition) is 3. The fraction of sp³-hybridized carbons (Fsp3) is 0.0909. The lowest BCUT2D eigenvalue weighted by molar-refractivity contribution is 0.897. The minimum atomic E-state index is 0.337. The van der Waals surface area contributed by atoms with Gasteiger partial charge in [0.2, 0.25) is 5.95 Å². The van der Waals surface area contributed by atoms with Gasteiger partial charge in [-0.3, -0.25) is 0 Å². The van der Waals surface area contributed by atoms with Crippen LogP contribution in [0.5, 0.6) is 0 Å². The predicted molar refractivity (Wildman–Crippen MR) is 70.8 cm³/mol. The number of aryl methyl sites for hydroxylation is 1. The molecule has 1 aromatic heterocycles. The van der Waals surface area contributed by atoms with E-state index in [2.05, 4.69) is 10.1 Å². The first-order valence-corrected chi connectivity index (χ1v) is 5.63. The Hall–Kier alpha value is -1.52. The normalized spacial score (nSPS) is 11.2. The van der Waals surface area contributed by atoms with E-state index in [1.165, 1.54) is 4.68 Å². The highest BCUT2D eigenvalue weighted by Gasteiger charge is 2.00. The number of benzene rings is 1. The molecular formula is C11H10Cl2N4. The van der Waals surface area contributed by atoms with Crippen LogP contribution in [-0.4, -0.2) is 15.9 Å². The SMILES string of the molecule is Cc1cn(N=Cc2ccc(Cl)cc2Cl)c(N)n1. The van der Waals surface area contributed by atoms with Crippen LogP contribution in [0.3, 0.4) is 0 Å². The number of nitrogens with two attached hydrogens (primary N) is 1. The molecule has 1 aromatic carbocycles. The summed E-state index contributed by atoms with van der Waals surface area (Å²) in [5.74, 6) is 0.337. The lowest BCUT2D eigenvalue weighted by Crippen LogP contribution is -1.97. The average Bonchev–Trinajstić information content (AvgIpc) is 2.56. The van der Waals surface area contributed by atoms with Crippen LogP contribution in [0.2, 0.25) is 10.0 Å². The highest BCUT2D eigenvalue weighted by atomic mass is 35.5. The molecular weight excluding hydrogens is 259 g/mol. The molecule has 2 aromatic rings. The maximum atomic E-state index is 6.01. The van der Waals surface area contributed by atoms with Crippen molar-refractivity contribution >= 4 is 35.4 Å². The van der Waals surface area contributed by atoms with E-state index >= 15 is 0 Å². The summed E-state index contributed by atoms with van der Waals surface area (Å²) < 4.78 is 1.49. The molecule has 0 atom stereocenters. The summed E-state index contributed by atoms with van der Waals surface area (Å²) in [7, 11) is 0. The summed E-state index contributed by atoms with van der Waals surface area (Å²) in [6, 6.07) is 5.19. The summed E-state index contributed by atoms with van der Waals surface area (Å²) in [5.41, 5.74) is 7.22. The molecule has 4 nitrogen and oxygen atoms in total. The molecule has 0 saturated heterocycles. The second-order valence-electron chi connectivity index (χ2n) is 3.50. The Kier molecular flexibility index (Phi) is 3.36. The van der Waals surface area contributed by atoms with Crippen molar-refractivity contribution in [3.63, 3.8) is 0 Å². The van der Waals surface area contributed by atoms with E-state index in [0.29, 0.717) is 16.0 Å². The average molecular weight is 269 g/mol. The van der Waals surface area contributed by atoms with Gasteiger partial charge in [0.15, 0.2) is 0 Å². The minimum Gasteiger partial charge on any atom is -0.368 e. The number of hydrogen-bond donors (Lipinski definition) is 1. The first-order chi connectivity index (χ1) is 8.06. The van der Waals surface area contributed by atoms with Gasteiger partial charge in [-0.05, 0) is 19.1 Å². The fourth-order valence-electron chi connectivity index (χ4n) is 1.33. The maximum absolute atomic E-state index is 6.01. The predicted octanol–water partition coefficient (Wildman–Crippen LogP) is 2.96. The molecule has 0 aliphatic carbocycles. The second kappa shape index (κ2) is 4.77. The van der Waals surface area contributed by atoms with Crippen LogP contribution in [0.1, 0.15) is 11.3 Å². The topological polar surface area (TPSA) is 56.2 Å². The molecule has 2 N–H and O–H groups in total. The molecule has 2 rings (SSSR count). The first-order valence-electron chi connectivity index (χ1n) is 4.87. The zero-order valence-corrected chi connectivity index (χ0v) is 10.6. The number of rotatable bonds is 2. The molecule has 0 saturated carbocycles. The van der Waals surface area contributed by atoms with Crippen molar-refractivity contribution in [2.45, 2.75) is 6.92 Å². The maximum Gasteiger partial charge on any atom is 0.221 e. The summed E-state index contributed by atoms with van der Waals surface area (Å²) in [6.07, 6.45) is 3.34. The van der Waals surface area contributed by atoms with Crippen LogP contribution in [0.25, 0.3) is 0 Å². The number of halogens is 2. The Morgan fingerprint density at radius 1 is 1.41 bits per heavy atom. The van der Waals surface area contributed by atoms with Crippen LogP contribution >= 0.6 is 23.2 Å². The molecule has 0 aliphatic rings. The van der Waals surface area contributed by atoms with Crippen molar-refractivity contribution < 1.29 is 0 Å². The molecule has 0 bridgehead atoms.